The maximum Gasteiger partial charge on any atom is 0.119 e. The van der Waals surface area contributed by atoms with E-state index >= 15 is 0 Å². The summed E-state index contributed by atoms with van der Waals surface area (Å²) in [6.07, 6.45) is -0.639. The first-order valence-electron chi connectivity index (χ1n) is 5.97. The molecule has 0 heterocycles. The SMILES string of the molecule is CCOc1ccc(C(O)c2cc(I)ccc2Br)cc1. The Morgan fingerprint density at radius 1 is 1.21 bits per heavy atom. The van der Waals surface area contributed by atoms with E-state index in [1.807, 2.05) is 49.4 Å². The van der Waals surface area contributed by atoms with Crippen molar-refractivity contribution in [2.45, 2.75) is 13.0 Å². The number of ether oxygens (including phenoxy) is 1. The van der Waals surface area contributed by atoms with Crippen LogP contribution < -0.4 is 4.74 Å². The van der Waals surface area contributed by atoms with E-state index in [4.69, 9.17) is 4.74 Å². The largest absolute Gasteiger partial charge is 0.494 e. The van der Waals surface area contributed by atoms with Gasteiger partial charge in [0.05, 0.1) is 6.61 Å². The first-order valence-corrected chi connectivity index (χ1v) is 7.84. The molecule has 1 atom stereocenters. The Bertz CT molecular complexity index is 555. The Morgan fingerprint density at radius 2 is 1.89 bits per heavy atom. The number of halogens is 2. The van der Waals surface area contributed by atoms with Crippen LogP contribution in [-0.4, -0.2) is 11.7 Å². The summed E-state index contributed by atoms with van der Waals surface area (Å²) in [5.74, 6) is 0.820. The van der Waals surface area contributed by atoms with E-state index in [-0.39, 0.29) is 0 Å². The maximum atomic E-state index is 10.4. The summed E-state index contributed by atoms with van der Waals surface area (Å²) >= 11 is 5.72. The van der Waals surface area contributed by atoms with Crippen molar-refractivity contribution in [1.82, 2.24) is 0 Å². The molecule has 0 radical (unpaired) electrons. The molecule has 0 amide bonds. The van der Waals surface area contributed by atoms with E-state index in [1.54, 1.807) is 0 Å². The zero-order chi connectivity index (χ0) is 13.8. The van der Waals surface area contributed by atoms with Gasteiger partial charge in [-0.05, 0) is 65.4 Å². The molecular weight excluding hydrogens is 419 g/mol. The summed E-state index contributed by atoms with van der Waals surface area (Å²) in [6.45, 7) is 2.59. The summed E-state index contributed by atoms with van der Waals surface area (Å²) < 4.78 is 7.41. The fraction of sp³-hybridized carbons (Fsp3) is 0.200. The van der Waals surface area contributed by atoms with E-state index in [0.29, 0.717) is 6.61 Å². The molecule has 0 aromatic heterocycles. The van der Waals surface area contributed by atoms with Gasteiger partial charge in [-0.15, -0.1) is 0 Å². The Morgan fingerprint density at radius 3 is 2.53 bits per heavy atom. The van der Waals surface area contributed by atoms with Crippen molar-refractivity contribution in [2.75, 3.05) is 6.61 Å². The van der Waals surface area contributed by atoms with Gasteiger partial charge in [0.15, 0.2) is 0 Å². The second-order valence-corrected chi connectivity index (χ2v) is 6.17. The normalized spacial score (nSPS) is 12.2. The van der Waals surface area contributed by atoms with E-state index in [0.717, 1.165) is 24.9 Å². The first-order chi connectivity index (χ1) is 9.11. The quantitative estimate of drug-likeness (QED) is 0.719. The average Bonchev–Trinajstić information content (AvgIpc) is 2.42. The van der Waals surface area contributed by atoms with Crippen LogP contribution in [-0.2, 0) is 0 Å². The van der Waals surface area contributed by atoms with Crippen molar-refractivity contribution in [1.29, 1.82) is 0 Å². The molecule has 100 valence electrons. The Hall–Kier alpha value is -0.590. The van der Waals surface area contributed by atoms with Crippen molar-refractivity contribution in [3.63, 3.8) is 0 Å². The minimum Gasteiger partial charge on any atom is -0.494 e. The molecule has 0 aliphatic heterocycles. The standard InChI is InChI=1S/C15H14BrIO2/c1-2-19-12-6-3-10(4-7-12)15(18)13-9-11(17)5-8-14(13)16/h3-9,15,18H,2H2,1H3. The first kappa shape index (κ1) is 14.8. The van der Waals surface area contributed by atoms with Gasteiger partial charge < -0.3 is 9.84 Å². The molecule has 0 saturated carbocycles. The fourth-order valence-corrected chi connectivity index (χ4v) is 2.80. The van der Waals surface area contributed by atoms with Crippen LogP contribution in [0.3, 0.4) is 0 Å². The average molecular weight is 433 g/mol. The molecule has 0 bridgehead atoms. The van der Waals surface area contributed by atoms with E-state index in [9.17, 15) is 5.11 Å². The predicted molar refractivity (Wildman–Crippen MR) is 88.5 cm³/mol. The summed E-state index contributed by atoms with van der Waals surface area (Å²) in [7, 11) is 0. The van der Waals surface area contributed by atoms with E-state index in [1.165, 1.54) is 0 Å². The molecule has 0 saturated heterocycles. The van der Waals surface area contributed by atoms with Gasteiger partial charge in [0.25, 0.3) is 0 Å². The number of benzene rings is 2. The zero-order valence-corrected chi connectivity index (χ0v) is 14.2. The number of hydrogen-bond acceptors (Lipinski definition) is 2. The second-order valence-electron chi connectivity index (χ2n) is 4.07. The summed E-state index contributed by atoms with van der Waals surface area (Å²) in [4.78, 5) is 0. The molecule has 2 aromatic rings. The van der Waals surface area contributed by atoms with Crippen molar-refractivity contribution < 1.29 is 9.84 Å². The highest BCUT2D eigenvalue weighted by Crippen LogP contribution is 2.30. The van der Waals surface area contributed by atoms with Crippen molar-refractivity contribution >= 4 is 38.5 Å². The minimum absolute atomic E-state index is 0.639. The Kier molecular flexibility index (Phi) is 5.24. The Labute approximate surface area is 135 Å². The third-order valence-electron chi connectivity index (χ3n) is 2.76. The van der Waals surface area contributed by atoms with Crippen molar-refractivity contribution in [3.8, 4) is 5.75 Å². The van der Waals surface area contributed by atoms with Crippen LogP contribution in [0.1, 0.15) is 24.2 Å². The topological polar surface area (TPSA) is 29.5 Å². The van der Waals surface area contributed by atoms with Gasteiger partial charge in [-0.1, -0.05) is 28.1 Å². The molecule has 2 nitrogen and oxygen atoms in total. The summed E-state index contributed by atoms with van der Waals surface area (Å²) in [6, 6.07) is 13.5. The highest BCUT2D eigenvalue weighted by atomic mass is 127. The molecule has 0 spiro atoms. The van der Waals surface area contributed by atoms with Crippen molar-refractivity contribution in [2.24, 2.45) is 0 Å². The molecule has 19 heavy (non-hydrogen) atoms. The van der Waals surface area contributed by atoms with E-state index < -0.39 is 6.10 Å². The molecule has 0 aliphatic rings. The third-order valence-corrected chi connectivity index (χ3v) is 4.15. The van der Waals surface area contributed by atoms with Crippen LogP contribution in [0.15, 0.2) is 46.9 Å². The lowest BCUT2D eigenvalue weighted by molar-refractivity contribution is 0.219. The molecule has 4 heteroatoms. The fourth-order valence-electron chi connectivity index (χ4n) is 1.82. The van der Waals surface area contributed by atoms with Gasteiger partial charge in [0, 0.05) is 13.6 Å². The minimum atomic E-state index is -0.639. The lowest BCUT2D eigenvalue weighted by Gasteiger charge is -2.14. The van der Waals surface area contributed by atoms with Crippen LogP contribution in [0.2, 0.25) is 0 Å². The third kappa shape index (κ3) is 3.70. The van der Waals surface area contributed by atoms with Gasteiger partial charge in [0.2, 0.25) is 0 Å². The molecule has 2 rings (SSSR count). The van der Waals surface area contributed by atoms with Crippen LogP contribution >= 0.6 is 38.5 Å². The second kappa shape index (κ2) is 6.72. The smallest absolute Gasteiger partial charge is 0.119 e. The van der Waals surface area contributed by atoms with Gasteiger partial charge in [-0.2, -0.15) is 0 Å². The van der Waals surface area contributed by atoms with Gasteiger partial charge in [-0.3, -0.25) is 0 Å². The number of rotatable bonds is 4. The van der Waals surface area contributed by atoms with Gasteiger partial charge >= 0.3 is 0 Å². The molecule has 0 aliphatic carbocycles. The monoisotopic (exact) mass is 432 g/mol. The number of aliphatic hydroxyl groups excluding tert-OH is 1. The summed E-state index contributed by atoms with van der Waals surface area (Å²) in [5.41, 5.74) is 1.72. The predicted octanol–water partition coefficient (Wildman–Crippen LogP) is 4.53. The van der Waals surface area contributed by atoms with Crippen LogP contribution in [0, 0.1) is 3.57 Å². The Balaban J connectivity index is 2.27. The molecule has 1 N–H and O–H groups in total. The maximum absolute atomic E-state index is 10.4. The van der Waals surface area contributed by atoms with Crippen LogP contribution in [0.4, 0.5) is 0 Å². The highest BCUT2D eigenvalue weighted by molar-refractivity contribution is 14.1. The molecule has 0 fully saturated rings. The highest BCUT2D eigenvalue weighted by Gasteiger charge is 2.14. The van der Waals surface area contributed by atoms with Gasteiger partial charge in [-0.25, -0.2) is 0 Å². The lowest BCUT2D eigenvalue weighted by Crippen LogP contribution is -2.01. The van der Waals surface area contributed by atoms with Crippen molar-refractivity contribution in [3.05, 3.63) is 61.6 Å². The zero-order valence-electron chi connectivity index (χ0n) is 10.4. The summed E-state index contributed by atoms with van der Waals surface area (Å²) in [5, 5.41) is 10.4. The molecule has 1 unspecified atom stereocenters. The number of aliphatic hydroxyl groups is 1. The van der Waals surface area contributed by atoms with Crippen LogP contribution in [0.25, 0.3) is 0 Å². The van der Waals surface area contributed by atoms with E-state index in [2.05, 4.69) is 38.5 Å². The van der Waals surface area contributed by atoms with Gasteiger partial charge in [0.1, 0.15) is 11.9 Å². The molecule has 2 aromatic carbocycles. The lowest BCUT2D eigenvalue weighted by atomic mass is 10.0. The van der Waals surface area contributed by atoms with Crippen LogP contribution in [0.5, 0.6) is 5.75 Å². The number of hydrogen-bond donors (Lipinski definition) is 1. The molecular formula is C15H14BrIO2.